The Morgan fingerprint density at radius 1 is 1.30 bits per heavy atom. The summed E-state index contributed by atoms with van der Waals surface area (Å²) in [5, 5.41) is 11.3. The van der Waals surface area contributed by atoms with E-state index in [-0.39, 0.29) is 12.5 Å². The van der Waals surface area contributed by atoms with Crippen LogP contribution in [0, 0.1) is 0 Å². The average Bonchev–Trinajstić information content (AvgIpc) is 2.46. The van der Waals surface area contributed by atoms with Gasteiger partial charge in [0.2, 0.25) is 5.91 Å². The van der Waals surface area contributed by atoms with E-state index in [0.717, 1.165) is 11.3 Å². The summed E-state index contributed by atoms with van der Waals surface area (Å²) in [5.41, 5.74) is 1.04. The normalized spacial score (nSPS) is 10.3. The Bertz CT molecular complexity index is 395. The molecule has 20 heavy (non-hydrogen) atoms. The molecule has 0 aliphatic heterocycles. The molecule has 1 aromatic carbocycles. The van der Waals surface area contributed by atoms with E-state index in [9.17, 15) is 4.79 Å². The average molecular weight is 281 g/mol. The van der Waals surface area contributed by atoms with E-state index in [2.05, 4.69) is 5.32 Å². The van der Waals surface area contributed by atoms with E-state index in [0.29, 0.717) is 39.2 Å². The minimum absolute atomic E-state index is 0.00214. The van der Waals surface area contributed by atoms with Gasteiger partial charge in [-0.2, -0.15) is 0 Å². The van der Waals surface area contributed by atoms with Crippen molar-refractivity contribution in [2.75, 3.05) is 33.0 Å². The summed E-state index contributed by atoms with van der Waals surface area (Å²) >= 11 is 0. The van der Waals surface area contributed by atoms with E-state index in [1.807, 2.05) is 31.2 Å². The summed E-state index contributed by atoms with van der Waals surface area (Å²) in [6, 6.07) is 7.76. The number of ether oxygens (including phenoxy) is 2. The zero-order valence-electron chi connectivity index (χ0n) is 11.9. The van der Waals surface area contributed by atoms with Gasteiger partial charge in [0.25, 0.3) is 0 Å². The third-order valence-corrected chi connectivity index (χ3v) is 2.70. The fraction of sp³-hybridized carbons (Fsp3) is 0.533. The number of hydrogen-bond donors (Lipinski definition) is 2. The molecule has 2 N–H and O–H groups in total. The lowest BCUT2D eigenvalue weighted by Crippen LogP contribution is -2.27. The van der Waals surface area contributed by atoms with Gasteiger partial charge in [-0.15, -0.1) is 0 Å². The molecular weight excluding hydrogens is 258 g/mol. The zero-order valence-corrected chi connectivity index (χ0v) is 11.9. The lowest BCUT2D eigenvalue weighted by molar-refractivity contribution is -0.121. The predicted molar refractivity (Wildman–Crippen MR) is 76.8 cm³/mol. The smallest absolute Gasteiger partial charge is 0.220 e. The first-order chi connectivity index (χ1) is 9.77. The highest BCUT2D eigenvalue weighted by Crippen LogP contribution is 2.19. The molecule has 0 aromatic heterocycles. The number of aliphatic hydroxyl groups is 1. The van der Waals surface area contributed by atoms with Crippen LogP contribution in [0.15, 0.2) is 24.3 Å². The molecule has 0 heterocycles. The summed E-state index contributed by atoms with van der Waals surface area (Å²) in [7, 11) is 0. The first-order valence-corrected chi connectivity index (χ1v) is 6.94. The number of benzene rings is 1. The first-order valence-electron chi connectivity index (χ1n) is 6.94. The molecule has 5 heteroatoms. The molecule has 0 fully saturated rings. The molecule has 5 nitrogen and oxygen atoms in total. The van der Waals surface area contributed by atoms with Crippen LogP contribution in [-0.4, -0.2) is 44.0 Å². The number of aliphatic hydroxyl groups excluding tert-OH is 1. The molecule has 1 aromatic rings. The monoisotopic (exact) mass is 281 g/mol. The highest BCUT2D eigenvalue weighted by atomic mass is 16.5. The molecular formula is C15H23NO4. The largest absolute Gasteiger partial charge is 0.494 e. The summed E-state index contributed by atoms with van der Waals surface area (Å²) < 4.78 is 10.6. The number of para-hydroxylation sites is 1. The van der Waals surface area contributed by atoms with Gasteiger partial charge in [0, 0.05) is 13.0 Å². The molecule has 0 saturated carbocycles. The molecule has 0 unspecified atom stereocenters. The Balaban J connectivity index is 2.26. The van der Waals surface area contributed by atoms with Crippen LogP contribution in [0.2, 0.25) is 0 Å². The van der Waals surface area contributed by atoms with Crippen LogP contribution in [0.4, 0.5) is 0 Å². The summed E-state index contributed by atoms with van der Waals surface area (Å²) in [6.07, 6.45) is 1.07. The van der Waals surface area contributed by atoms with E-state index in [1.54, 1.807) is 0 Å². The first kappa shape index (κ1) is 16.5. The van der Waals surface area contributed by atoms with Gasteiger partial charge in [-0.3, -0.25) is 4.79 Å². The number of rotatable bonds is 10. The van der Waals surface area contributed by atoms with E-state index >= 15 is 0 Å². The van der Waals surface area contributed by atoms with Gasteiger partial charge >= 0.3 is 0 Å². The third kappa shape index (κ3) is 6.54. The van der Waals surface area contributed by atoms with Crippen molar-refractivity contribution in [2.24, 2.45) is 0 Å². The number of carbonyl (C=O) groups excluding carboxylic acids is 1. The second kappa shape index (κ2) is 10.2. The van der Waals surface area contributed by atoms with Crippen LogP contribution >= 0.6 is 0 Å². The van der Waals surface area contributed by atoms with Gasteiger partial charge in [-0.1, -0.05) is 18.2 Å². The van der Waals surface area contributed by atoms with Crippen molar-refractivity contribution in [3.8, 4) is 5.75 Å². The molecule has 0 spiro atoms. The molecule has 0 aliphatic rings. The van der Waals surface area contributed by atoms with Gasteiger partial charge in [0.1, 0.15) is 5.75 Å². The van der Waals surface area contributed by atoms with E-state index < -0.39 is 0 Å². The molecule has 0 aliphatic carbocycles. The van der Waals surface area contributed by atoms with Crippen LogP contribution in [0.3, 0.4) is 0 Å². The Hall–Kier alpha value is -1.59. The Kier molecular flexibility index (Phi) is 8.42. The van der Waals surface area contributed by atoms with Crippen molar-refractivity contribution in [2.45, 2.75) is 19.8 Å². The van der Waals surface area contributed by atoms with Crippen molar-refractivity contribution in [3.63, 3.8) is 0 Å². The number of nitrogens with one attached hydrogen (secondary N) is 1. The van der Waals surface area contributed by atoms with Gasteiger partial charge < -0.3 is 19.9 Å². The maximum atomic E-state index is 11.7. The Morgan fingerprint density at radius 3 is 2.85 bits per heavy atom. The van der Waals surface area contributed by atoms with Crippen molar-refractivity contribution >= 4 is 5.91 Å². The molecule has 112 valence electrons. The van der Waals surface area contributed by atoms with Gasteiger partial charge in [-0.05, 0) is 25.0 Å². The lowest BCUT2D eigenvalue weighted by Gasteiger charge is -2.10. The summed E-state index contributed by atoms with van der Waals surface area (Å²) in [4.78, 5) is 11.7. The highest BCUT2D eigenvalue weighted by Gasteiger charge is 2.06. The summed E-state index contributed by atoms with van der Waals surface area (Å²) in [5.74, 6) is 0.831. The maximum Gasteiger partial charge on any atom is 0.220 e. The molecule has 1 rings (SSSR count). The number of aryl methyl sites for hydroxylation is 1. The van der Waals surface area contributed by atoms with Gasteiger partial charge in [-0.25, -0.2) is 0 Å². The fourth-order valence-electron chi connectivity index (χ4n) is 1.77. The Morgan fingerprint density at radius 2 is 2.10 bits per heavy atom. The van der Waals surface area contributed by atoms with E-state index in [1.165, 1.54) is 0 Å². The van der Waals surface area contributed by atoms with Crippen LogP contribution in [0.25, 0.3) is 0 Å². The predicted octanol–water partition coefficient (Wildman–Crippen LogP) is 1.14. The van der Waals surface area contributed by atoms with E-state index in [4.69, 9.17) is 14.6 Å². The SMILES string of the molecule is CCOc1ccccc1CCC(=O)NCCOCCO. The van der Waals surface area contributed by atoms with Crippen LogP contribution in [0.1, 0.15) is 18.9 Å². The molecule has 0 atom stereocenters. The molecule has 0 bridgehead atoms. The zero-order chi connectivity index (χ0) is 14.6. The Labute approximate surface area is 119 Å². The minimum Gasteiger partial charge on any atom is -0.494 e. The van der Waals surface area contributed by atoms with Crippen molar-refractivity contribution in [1.82, 2.24) is 5.32 Å². The number of carbonyl (C=O) groups is 1. The standard InChI is InChI=1S/C15H23NO4/c1-2-20-14-6-4-3-5-13(14)7-8-15(18)16-9-11-19-12-10-17/h3-6,17H,2,7-12H2,1H3,(H,16,18). The van der Waals surface area contributed by atoms with Crippen molar-refractivity contribution < 1.29 is 19.4 Å². The molecule has 1 amide bonds. The topological polar surface area (TPSA) is 67.8 Å². The fourth-order valence-corrected chi connectivity index (χ4v) is 1.77. The van der Waals surface area contributed by atoms with Crippen LogP contribution in [0.5, 0.6) is 5.75 Å². The van der Waals surface area contributed by atoms with Crippen molar-refractivity contribution in [1.29, 1.82) is 0 Å². The van der Waals surface area contributed by atoms with Gasteiger partial charge in [0.15, 0.2) is 0 Å². The second-order valence-electron chi connectivity index (χ2n) is 4.23. The maximum absolute atomic E-state index is 11.7. The number of amides is 1. The minimum atomic E-state index is -0.0103. The lowest BCUT2D eigenvalue weighted by atomic mass is 10.1. The summed E-state index contributed by atoms with van der Waals surface area (Å²) in [6.45, 7) is 3.74. The number of hydrogen-bond acceptors (Lipinski definition) is 4. The molecule has 0 radical (unpaired) electrons. The van der Waals surface area contributed by atoms with Gasteiger partial charge in [0.05, 0.1) is 26.4 Å². The quantitative estimate of drug-likeness (QED) is 0.631. The highest BCUT2D eigenvalue weighted by molar-refractivity contribution is 5.76. The van der Waals surface area contributed by atoms with Crippen LogP contribution in [-0.2, 0) is 16.0 Å². The third-order valence-electron chi connectivity index (χ3n) is 2.70. The van der Waals surface area contributed by atoms with Crippen LogP contribution < -0.4 is 10.1 Å². The second-order valence-corrected chi connectivity index (χ2v) is 4.23. The molecule has 0 saturated heterocycles. The van der Waals surface area contributed by atoms with Crippen molar-refractivity contribution in [3.05, 3.63) is 29.8 Å².